The number of hydrogen-bond acceptors (Lipinski definition) is 5. The van der Waals surface area contributed by atoms with E-state index >= 15 is 0 Å². The lowest BCUT2D eigenvalue weighted by atomic mass is 10.0. The summed E-state index contributed by atoms with van der Waals surface area (Å²) in [6.07, 6.45) is 0. The minimum absolute atomic E-state index is 0.0759. The van der Waals surface area contributed by atoms with Gasteiger partial charge in [0.1, 0.15) is 11.5 Å². The van der Waals surface area contributed by atoms with E-state index in [2.05, 4.69) is 4.90 Å². The Balaban J connectivity index is 1.68. The van der Waals surface area contributed by atoms with Gasteiger partial charge in [0.15, 0.2) is 0 Å². The van der Waals surface area contributed by atoms with Crippen LogP contribution in [0.15, 0.2) is 54.2 Å². The second-order valence-corrected chi connectivity index (χ2v) is 8.01. The van der Waals surface area contributed by atoms with E-state index in [0.717, 1.165) is 4.90 Å². The molecule has 0 radical (unpaired) electrons. The first-order chi connectivity index (χ1) is 15.0. The third kappa shape index (κ3) is 4.35. The van der Waals surface area contributed by atoms with Gasteiger partial charge in [-0.3, -0.25) is 19.4 Å². The summed E-state index contributed by atoms with van der Waals surface area (Å²) in [5, 5.41) is 9.70. The molecule has 0 unspecified atom stereocenters. The van der Waals surface area contributed by atoms with E-state index in [1.165, 1.54) is 6.07 Å². The highest BCUT2D eigenvalue weighted by molar-refractivity contribution is 6.35. The van der Waals surface area contributed by atoms with Gasteiger partial charge < -0.3 is 10.0 Å². The molecule has 6 nitrogen and oxygen atoms in total. The van der Waals surface area contributed by atoms with Crippen LogP contribution in [0.4, 0.5) is 4.39 Å². The van der Waals surface area contributed by atoms with Gasteiger partial charge in [-0.05, 0) is 23.8 Å². The molecule has 0 atom stereocenters. The van der Waals surface area contributed by atoms with E-state index in [9.17, 15) is 19.1 Å². The van der Waals surface area contributed by atoms with Gasteiger partial charge in [-0.25, -0.2) is 4.39 Å². The molecular formula is C23H23ClFN3O3. The Labute approximate surface area is 185 Å². The normalized spacial score (nSPS) is 17.8. The van der Waals surface area contributed by atoms with Crippen molar-refractivity contribution >= 4 is 29.0 Å². The highest BCUT2D eigenvalue weighted by Gasteiger charge is 2.42. The fraction of sp³-hybridized carbons (Fsp3) is 0.304. The summed E-state index contributed by atoms with van der Waals surface area (Å²) in [7, 11) is 0. The number of β-amino-alcohol motifs (C(OH)–C–C–N with tert-alkyl or cyclic N) is 1. The molecule has 1 N–H and O–H groups in total. The smallest absolute Gasteiger partial charge is 0.278 e. The van der Waals surface area contributed by atoms with Crippen LogP contribution in [-0.2, 0) is 16.1 Å². The van der Waals surface area contributed by atoms with Crippen LogP contribution in [0, 0.1) is 5.82 Å². The number of benzene rings is 2. The van der Waals surface area contributed by atoms with Gasteiger partial charge in [0.05, 0.1) is 18.7 Å². The summed E-state index contributed by atoms with van der Waals surface area (Å²) in [5.41, 5.74) is 1.54. The maximum atomic E-state index is 14.2. The van der Waals surface area contributed by atoms with Crippen LogP contribution in [0.5, 0.6) is 0 Å². The summed E-state index contributed by atoms with van der Waals surface area (Å²) in [5.74, 6) is -1.32. The third-order valence-corrected chi connectivity index (χ3v) is 5.92. The predicted octanol–water partition coefficient (Wildman–Crippen LogP) is 2.37. The van der Waals surface area contributed by atoms with E-state index in [1.807, 2.05) is 4.90 Å². The number of hydrogen-bond donors (Lipinski definition) is 1. The SMILES string of the molecule is O=C1C(c2ccc(Cl)cc2)=C(N2CCN(CCO)CC2)C(=O)N1Cc1ccccc1F. The number of halogens is 2. The molecule has 2 amide bonds. The second-order valence-electron chi connectivity index (χ2n) is 7.57. The van der Waals surface area contributed by atoms with Crippen LogP contribution in [0.25, 0.3) is 5.57 Å². The number of rotatable bonds is 6. The fourth-order valence-electron chi connectivity index (χ4n) is 4.01. The molecule has 0 aliphatic carbocycles. The lowest BCUT2D eigenvalue weighted by molar-refractivity contribution is -0.138. The van der Waals surface area contributed by atoms with E-state index in [-0.39, 0.29) is 18.7 Å². The molecule has 31 heavy (non-hydrogen) atoms. The number of piperazine rings is 1. The van der Waals surface area contributed by atoms with Crippen LogP contribution >= 0.6 is 11.6 Å². The zero-order valence-corrected chi connectivity index (χ0v) is 17.7. The number of carbonyl (C=O) groups excluding carboxylic acids is 2. The molecule has 4 rings (SSSR count). The van der Waals surface area contributed by atoms with E-state index in [0.29, 0.717) is 54.6 Å². The largest absolute Gasteiger partial charge is 0.395 e. The Hall–Kier alpha value is -2.74. The lowest BCUT2D eigenvalue weighted by Gasteiger charge is -2.36. The molecule has 0 bridgehead atoms. The minimum atomic E-state index is -0.456. The number of carbonyl (C=O) groups is 2. The van der Waals surface area contributed by atoms with Crippen LogP contribution in [0.2, 0.25) is 5.02 Å². The number of amides is 2. The summed E-state index contributed by atoms with van der Waals surface area (Å²) >= 11 is 6.01. The van der Waals surface area contributed by atoms with Gasteiger partial charge in [-0.2, -0.15) is 0 Å². The quantitative estimate of drug-likeness (QED) is 0.694. The van der Waals surface area contributed by atoms with E-state index in [1.54, 1.807) is 42.5 Å². The Kier molecular flexibility index (Phi) is 6.36. The number of nitrogens with zero attached hydrogens (tertiary/aromatic N) is 3. The van der Waals surface area contributed by atoms with Gasteiger partial charge in [0, 0.05) is 43.3 Å². The first-order valence-electron chi connectivity index (χ1n) is 10.2. The summed E-state index contributed by atoms with van der Waals surface area (Å²) in [4.78, 5) is 31.9. The molecular weight excluding hydrogens is 421 g/mol. The molecule has 0 aromatic heterocycles. The standard InChI is InChI=1S/C23H23ClFN3O3/c24-18-7-5-16(6-8-18)20-21(27-11-9-26(10-12-27)13-14-29)23(31)28(22(20)30)15-17-3-1-2-4-19(17)25/h1-8,29H,9-15H2. The van der Waals surface area contributed by atoms with E-state index in [4.69, 9.17) is 11.6 Å². The highest BCUT2D eigenvalue weighted by atomic mass is 35.5. The summed E-state index contributed by atoms with van der Waals surface area (Å²) in [6.45, 7) is 2.97. The molecule has 162 valence electrons. The number of imide groups is 1. The van der Waals surface area contributed by atoms with Crippen molar-refractivity contribution in [3.8, 4) is 0 Å². The van der Waals surface area contributed by atoms with Gasteiger partial charge in [0.25, 0.3) is 11.8 Å². The lowest BCUT2D eigenvalue weighted by Crippen LogP contribution is -2.48. The van der Waals surface area contributed by atoms with Crippen LogP contribution < -0.4 is 0 Å². The molecule has 0 saturated carbocycles. The molecule has 2 heterocycles. The summed E-state index contributed by atoms with van der Waals surface area (Å²) < 4.78 is 14.2. The topological polar surface area (TPSA) is 64.1 Å². The van der Waals surface area contributed by atoms with Crippen LogP contribution in [0.3, 0.4) is 0 Å². The monoisotopic (exact) mass is 443 g/mol. The van der Waals surface area contributed by atoms with Crippen LogP contribution in [-0.4, -0.2) is 71.0 Å². The van der Waals surface area contributed by atoms with Crippen molar-refractivity contribution in [1.82, 2.24) is 14.7 Å². The van der Waals surface area contributed by atoms with Crippen molar-refractivity contribution < 1.29 is 19.1 Å². The average Bonchev–Trinajstić information content (AvgIpc) is 3.01. The Bertz CT molecular complexity index is 1020. The Morgan fingerprint density at radius 3 is 2.26 bits per heavy atom. The maximum absolute atomic E-state index is 14.2. The van der Waals surface area contributed by atoms with Crippen molar-refractivity contribution in [2.24, 2.45) is 0 Å². The minimum Gasteiger partial charge on any atom is -0.395 e. The van der Waals surface area contributed by atoms with Gasteiger partial charge in [-0.15, -0.1) is 0 Å². The maximum Gasteiger partial charge on any atom is 0.278 e. The zero-order valence-electron chi connectivity index (χ0n) is 16.9. The van der Waals surface area contributed by atoms with Crippen molar-refractivity contribution in [2.45, 2.75) is 6.54 Å². The van der Waals surface area contributed by atoms with Crippen molar-refractivity contribution in [2.75, 3.05) is 39.3 Å². The third-order valence-electron chi connectivity index (χ3n) is 5.67. The fourth-order valence-corrected chi connectivity index (χ4v) is 4.14. The first-order valence-corrected chi connectivity index (χ1v) is 10.6. The summed E-state index contributed by atoms with van der Waals surface area (Å²) in [6, 6.07) is 12.9. The van der Waals surface area contributed by atoms with Crippen LogP contribution in [0.1, 0.15) is 11.1 Å². The van der Waals surface area contributed by atoms with Crippen molar-refractivity contribution in [1.29, 1.82) is 0 Å². The molecule has 8 heteroatoms. The average molecular weight is 444 g/mol. The molecule has 0 spiro atoms. The predicted molar refractivity (Wildman–Crippen MR) is 115 cm³/mol. The highest BCUT2D eigenvalue weighted by Crippen LogP contribution is 2.33. The molecule has 2 aromatic carbocycles. The number of aliphatic hydroxyl groups excluding tert-OH is 1. The number of aliphatic hydroxyl groups is 1. The molecule has 2 aromatic rings. The van der Waals surface area contributed by atoms with Gasteiger partial charge >= 0.3 is 0 Å². The van der Waals surface area contributed by atoms with Crippen molar-refractivity contribution in [3.63, 3.8) is 0 Å². The first kappa shape index (κ1) is 21.5. The zero-order chi connectivity index (χ0) is 22.0. The second kappa shape index (κ2) is 9.18. The molecule has 1 saturated heterocycles. The Morgan fingerprint density at radius 2 is 1.61 bits per heavy atom. The van der Waals surface area contributed by atoms with Gasteiger partial charge in [0.2, 0.25) is 0 Å². The van der Waals surface area contributed by atoms with Crippen molar-refractivity contribution in [3.05, 3.63) is 76.2 Å². The molecule has 2 aliphatic heterocycles. The molecule has 1 fully saturated rings. The molecule has 2 aliphatic rings. The van der Waals surface area contributed by atoms with E-state index < -0.39 is 17.6 Å². The van der Waals surface area contributed by atoms with Gasteiger partial charge in [-0.1, -0.05) is 41.9 Å². The Morgan fingerprint density at radius 1 is 0.935 bits per heavy atom.